The van der Waals surface area contributed by atoms with Gasteiger partial charge in [-0.1, -0.05) is 23.2 Å². The van der Waals surface area contributed by atoms with Gasteiger partial charge in [0.1, 0.15) is 0 Å². The van der Waals surface area contributed by atoms with Crippen LogP contribution >= 0.6 is 23.2 Å². The lowest BCUT2D eigenvalue weighted by molar-refractivity contribution is -0.147. The van der Waals surface area contributed by atoms with Crippen LogP contribution in [0.5, 0.6) is 0 Å². The third-order valence-electron chi connectivity index (χ3n) is 3.05. The van der Waals surface area contributed by atoms with Crippen molar-refractivity contribution in [2.45, 2.75) is 19.3 Å². The third kappa shape index (κ3) is 2.62. The molecule has 2 aromatic heterocycles. The molecule has 1 aliphatic rings. The summed E-state index contributed by atoms with van der Waals surface area (Å²) in [4.78, 5) is 1.73. The van der Waals surface area contributed by atoms with Gasteiger partial charge in [-0.05, 0) is 0 Å². The molecule has 0 atom stereocenters. The molecule has 112 valence electrons. The number of anilines is 1. The molecule has 0 amide bonds. The van der Waals surface area contributed by atoms with Gasteiger partial charge in [0, 0.05) is 19.2 Å². The first-order valence-electron chi connectivity index (χ1n) is 5.79. The maximum Gasteiger partial charge on any atom is 0.451 e. The highest BCUT2D eigenvalue weighted by Crippen LogP contribution is 2.32. The summed E-state index contributed by atoms with van der Waals surface area (Å²) in [5.41, 5.74) is 0.500. The summed E-state index contributed by atoms with van der Waals surface area (Å²) in [6.07, 6.45) is -4.52. The lowest BCUT2D eigenvalue weighted by Gasteiger charge is -2.29. The molecule has 11 heteroatoms. The van der Waals surface area contributed by atoms with Crippen LogP contribution in [0.25, 0.3) is 0 Å². The van der Waals surface area contributed by atoms with Gasteiger partial charge in [-0.25, -0.2) is 0 Å². The first kappa shape index (κ1) is 14.3. The standard InChI is InChI=1S/C10H7Cl2F3N6/c11-6-3-5(8(12)18-16-6)20-1-2-21-7(4-20)17-19-9(21)10(13,14)15/h3H,1-2,4H2. The summed E-state index contributed by atoms with van der Waals surface area (Å²) >= 11 is 11.7. The highest BCUT2D eigenvalue weighted by atomic mass is 35.5. The molecule has 0 saturated carbocycles. The fourth-order valence-electron chi connectivity index (χ4n) is 2.14. The predicted molar refractivity (Wildman–Crippen MR) is 68.1 cm³/mol. The van der Waals surface area contributed by atoms with Crippen molar-refractivity contribution in [3.63, 3.8) is 0 Å². The number of alkyl halides is 3. The van der Waals surface area contributed by atoms with Gasteiger partial charge in [0.15, 0.2) is 16.1 Å². The van der Waals surface area contributed by atoms with E-state index in [1.54, 1.807) is 4.90 Å². The van der Waals surface area contributed by atoms with Crippen molar-refractivity contribution in [1.82, 2.24) is 25.0 Å². The second-order valence-electron chi connectivity index (χ2n) is 4.35. The summed E-state index contributed by atoms with van der Waals surface area (Å²) in [6, 6.07) is 1.51. The molecule has 3 rings (SSSR count). The number of aromatic nitrogens is 5. The minimum absolute atomic E-state index is 0.0907. The van der Waals surface area contributed by atoms with Gasteiger partial charge >= 0.3 is 6.18 Å². The number of hydrogen-bond donors (Lipinski definition) is 0. The van der Waals surface area contributed by atoms with Gasteiger partial charge in [-0.3, -0.25) is 0 Å². The van der Waals surface area contributed by atoms with Gasteiger partial charge in [0.05, 0.1) is 12.2 Å². The normalized spacial score (nSPS) is 15.2. The minimum Gasteiger partial charge on any atom is -0.360 e. The smallest absolute Gasteiger partial charge is 0.360 e. The SMILES string of the molecule is FC(F)(F)c1nnc2n1CCN(c1cc(Cl)nnc1Cl)C2. The Bertz CT molecular complexity index is 686. The van der Waals surface area contributed by atoms with Gasteiger partial charge < -0.3 is 9.47 Å². The molecule has 0 bridgehead atoms. The monoisotopic (exact) mass is 338 g/mol. The minimum atomic E-state index is -4.52. The maximum atomic E-state index is 12.8. The zero-order chi connectivity index (χ0) is 15.2. The number of fused-ring (bicyclic) bond motifs is 1. The summed E-state index contributed by atoms with van der Waals surface area (Å²) in [5, 5.41) is 14.3. The number of rotatable bonds is 1. The lowest BCUT2D eigenvalue weighted by Crippen LogP contribution is -2.35. The Morgan fingerprint density at radius 2 is 1.81 bits per heavy atom. The van der Waals surface area contributed by atoms with Crippen molar-refractivity contribution in [1.29, 1.82) is 0 Å². The van der Waals surface area contributed by atoms with Crippen molar-refractivity contribution in [3.05, 3.63) is 28.0 Å². The van der Waals surface area contributed by atoms with Gasteiger partial charge in [-0.2, -0.15) is 13.2 Å². The molecule has 6 nitrogen and oxygen atoms in total. The Labute approximate surface area is 126 Å². The van der Waals surface area contributed by atoms with E-state index in [2.05, 4.69) is 20.4 Å². The molecule has 0 radical (unpaired) electrons. The van der Waals surface area contributed by atoms with Crippen LogP contribution in [0.2, 0.25) is 10.3 Å². The van der Waals surface area contributed by atoms with Crippen LogP contribution in [0.1, 0.15) is 11.6 Å². The Balaban J connectivity index is 1.92. The van der Waals surface area contributed by atoms with Crippen LogP contribution in [0.4, 0.5) is 18.9 Å². The van der Waals surface area contributed by atoms with Crippen LogP contribution in [0.15, 0.2) is 6.07 Å². The van der Waals surface area contributed by atoms with Crippen LogP contribution in [-0.4, -0.2) is 31.5 Å². The van der Waals surface area contributed by atoms with E-state index in [1.165, 1.54) is 6.07 Å². The molecule has 0 saturated heterocycles. The van der Waals surface area contributed by atoms with Gasteiger partial charge in [0.25, 0.3) is 0 Å². The van der Waals surface area contributed by atoms with Gasteiger partial charge in [-0.15, -0.1) is 20.4 Å². The molecular formula is C10H7Cl2F3N6. The van der Waals surface area contributed by atoms with Crippen LogP contribution in [-0.2, 0) is 19.3 Å². The number of hydrogen-bond acceptors (Lipinski definition) is 5. The van der Waals surface area contributed by atoms with E-state index in [0.717, 1.165) is 4.57 Å². The molecule has 0 aliphatic carbocycles. The Morgan fingerprint density at radius 1 is 1.05 bits per heavy atom. The van der Waals surface area contributed by atoms with E-state index in [-0.39, 0.29) is 29.2 Å². The second kappa shape index (κ2) is 4.99. The zero-order valence-corrected chi connectivity index (χ0v) is 11.8. The molecule has 2 aromatic rings. The summed E-state index contributed by atoms with van der Waals surface area (Å²) in [5.74, 6) is -0.785. The predicted octanol–water partition coefficient (Wildman–Crippen LogP) is 2.41. The van der Waals surface area contributed by atoms with Crippen LogP contribution in [0.3, 0.4) is 0 Å². The van der Waals surface area contributed by atoms with Crippen molar-refractivity contribution in [3.8, 4) is 0 Å². The number of nitrogens with zero attached hydrogens (tertiary/aromatic N) is 6. The first-order chi connectivity index (χ1) is 9.86. The average Bonchev–Trinajstić information content (AvgIpc) is 2.84. The fraction of sp³-hybridized carbons (Fsp3) is 0.400. The Hall–Kier alpha value is -1.61. The maximum absolute atomic E-state index is 12.8. The average molecular weight is 339 g/mol. The Morgan fingerprint density at radius 3 is 2.52 bits per heavy atom. The van der Waals surface area contributed by atoms with Crippen molar-refractivity contribution in [2.24, 2.45) is 0 Å². The lowest BCUT2D eigenvalue weighted by atomic mass is 10.3. The van der Waals surface area contributed by atoms with Crippen molar-refractivity contribution < 1.29 is 13.2 Å². The highest BCUT2D eigenvalue weighted by molar-refractivity contribution is 6.33. The summed E-state index contributed by atoms with van der Waals surface area (Å²) < 4.78 is 39.3. The molecule has 0 fully saturated rings. The van der Waals surface area contributed by atoms with Crippen molar-refractivity contribution in [2.75, 3.05) is 11.4 Å². The summed E-state index contributed by atoms with van der Waals surface area (Å²) in [6.45, 7) is 0.522. The molecule has 0 aromatic carbocycles. The largest absolute Gasteiger partial charge is 0.451 e. The molecule has 3 heterocycles. The van der Waals surface area contributed by atoms with Gasteiger partial charge in [0.2, 0.25) is 5.82 Å². The molecular weight excluding hydrogens is 332 g/mol. The second-order valence-corrected chi connectivity index (χ2v) is 5.10. The third-order valence-corrected chi connectivity index (χ3v) is 3.50. The topological polar surface area (TPSA) is 59.7 Å². The zero-order valence-electron chi connectivity index (χ0n) is 10.3. The molecule has 0 N–H and O–H groups in total. The quantitative estimate of drug-likeness (QED) is 0.799. The van der Waals surface area contributed by atoms with E-state index >= 15 is 0 Å². The molecule has 0 spiro atoms. The fourth-order valence-corrected chi connectivity index (χ4v) is 2.49. The molecule has 1 aliphatic heterocycles. The van der Waals surface area contributed by atoms with Crippen molar-refractivity contribution >= 4 is 28.9 Å². The first-order valence-corrected chi connectivity index (χ1v) is 6.55. The van der Waals surface area contributed by atoms with E-state index in [1.807, 2.05) is 0 Å². The molecule has 0 unspecified atom stereocenters. The summed E-state index contributed by atoms with van der Waals surface area (Å²) in [7, 11) is 0. The van der Waals surface area contributed by atoms with E-state index < -0.39 is 12.0 Å². The van der Waals surface area contributed by atoms with E-state index in [9.17, 15) is 13.2 Å². The number of halogens is 5. The van der Waals surface area contributed by atoms with Crippen LogP contribution < -0.4 is 4.90 Å². The Kier molecular flexibility index (Phi) is 3.40. The van der Waals surface area contributed by atoms with Crippen LogP contribution in [0, 0.1) is 0 Å². The highest BCUT2D eigenvalue weighted by Gasteiger charge is 2.39. The van der Waals surface area contributed by atoms with E-state index in [4.69, 9.17) is 23.2 Å². The van der Waals surface area contributed by atoms with E-state index in [0.29, 0.717) is 12.2 Å². The molecule has 21 heavy (non-hydrogen) atoms.